The van der Waals surface area contributed by atoms with E-state index in [1.54, 1.807) is 0 Å². The molecule has 0 amide bonds. The van der Waals surface area contributed by atoms with Crippen LogP contribution in [0.4, 0.5) is 0 Å². The van der Waals surface area contributed by atoms with Crippen molar-refractivity contribution < 1.29 is 9.59 Å². The number of carbonyl (C=O) groups excluding carboxylic acids is 2. The Morgan fingerprint density at radius 3 is 2.74 bits per heavy atom. The minimum Gasteiger partial charge on any atom is -0.329 e. The summed E-state index contributed by atoms with van der Waals surface area (Å²) in [6.07, 6.45) is 13.3. The number of Topliss-reactive ketones (excluding diaryl/α,β-unsaturated/α-hetero) is 2. The van der Waals surface area contributed by atoms with E-state index in [0.717, 1.165) is 44.1 Å². The van der Waals surface area contributed by atoms with E-state index in [4.69, 9.17) is 0 Å². The van der Waals surface area contributed by atoms with Crippen molar-refractivity contribution in [2.75, 3.05) is 7.05 Å². The average Bonchev–Trinajstić information content (AvgIpc) is 2.69. The monoisotopic (exact) mass is 372 g/mol. The summed E-state index contributed by atoms with van der Waals surface area (Å²) in [5.74, 6) is 1.75. The van der Waals surface area contributed by atoms with Crippen molar-refractivity contribution in [3.8, 4) is 0 Å². The molecule has 2 aliphatic rings. The summed E-state index contributed by atoms with van der Waals surface area (Å²) < 4.78 is 0. The smallest absolute Gasteiger partial charge is 0.158 e. The Hall–Kier alpha value is -1.68. The molecule has 150 valence electrons. The van der Waals surface area contributed by atoms with Crippen molar-refractivity contribution in [3.63, 3.8) is 0 Å². The highest BCUT2D eigenvalue weighted by atomic mass is 16.1. The van der Waals surface area contributed by atoms with Gasteiger partial charge in [-0.15, -0.1) is 0 Å². The molecule has 0 bridgehead atoms. The van der Waals surface area contributed by atoms with E-state index in [9.17, 15) is 9.59 Å². The predicted octanol–water partition coefficient (Wildman–Crippen LogP) is 4.64. The van der Waals surface area contributed by atoms with E-state index in [1.807, 2.05) is 20.2 Å². The Bertz CT molecular complexity index is 630. The first-order chi connectivity index (χ1) is 13.0. The van der Waals surface area contributed by atoms with Gasteiger partial charge < -0.3 is 5.43 Å². The third-order valence-electron chi connectivity index (χ3n) is 6.09. The van der Waals surface area contributed by atoms with E-state index in [0.29, 0.717) is 30.5 Å². The molecule has 3 atom stereocenters. The number of hydrazine groups is 1. The molecule has 0 saturated carbocycles. The second kappa shape index (κ2) is 10.6. The molecule has 0 aromatic rings. The summed E-state index contributed by atoms with van der Waals surface area (Å²) in [6, 6.07) is 0. The van der Waals surface area contributed by atoms with Gasteiger partial charge in [-0.3, -0.25) is 9.59 Å². The van der Waals surface area contributed by atoms with Crippen molar-refractivity contribution in [2.24, 2.45) is 17.8 Å². The van der Waals surface area contributed by atoms with E-state index in [2.05, 4.69) is 36.9 Å². The van der Waals surface area contributed by atoms with Crippen LogP contribution in [0.5, 0.6) is 0 Å². The van der Waals surface area contributed by atoms with Crippen LogP contribution in [0.1, 0.15) is 72.1 Å². The van der Waals surface area contributed by atoms with Crippen molar-refractivity contribution in [1.82, 2.24) is 10.9 Å². The lowest BCUT2D eigenvalue weighted by atomic mass is 9.76. The fourth-order valence-corrected chi connectivity index (χ4v) is 4.44. The van der Waals surface area contributed by atoms with Gasteiger partial charge in [0.25, 0.3) is 0 Å². The number of allylic oxidation sites excluding steroid dienone is 5. The molecule has 0 unspecified atom stereocenters. The number of ketones is 2. The third-order valence-corrected chi connectivity index (χ3v) is 6.09. The highest BCUT2D eigenvalue weighted by Crippen LogP contribution is 2.35. The van der Waals surface area contributed by atoms with Crippen LogP contribution in [0.3, 0.4) is 0 Å². The first-order valence-electron chi connectivity index (χ1n) is 10.5. The number of carbonyl (C=O) groups is 2. The highest BCUT2D eigenvalue weighted by molar-refractivity contribution is 5.95. The second-order valence-corrected chi connectivity index (χ2v) is 8.11. The molecule has 0 saturated heterocycles. The van der Waals surface area contributed by atoms with Gasteiger partial charge in [0.15, 0.2) is 5.78 Å². The van der Waals surface area contributed by atoms with Crippen LogP contribution in [-0.4, -0.2) is 18.6 Å². The van der Waals surface area contributed by atoms with Gasteiger partial charge in [-0.25, -0.2) is 5.43 Å². The lowest BCUT2D eigenvalue weighted by Gasteiger charge is -2.28. The lowest BCUT2D eigenvalue weighted by Crippen LogP contribution is -2.24. The normalized spacial score (nSPS) is 26.2. The summed E-state index contributed by atoms with van der Waals surface area (Å²) in [5, 5.41) is 0. The SMILES string of the molecule is CCC(=O)C1=CCC[C@H](CCC(=O)[C@H]2CC=C(/C(C)=C/NNC)[C@@H](C)C2)C1. The summed E-state index contributed by atoms with van der Waals surface area (Å²) in [7, 11) is 1.85. The molecular formula is C23H36N2O2. The molecule has 0 aromatic heterocycles. The summed E-state index contributed by atoms with van der Waals surface area (Å²) >= 11 is 0. The summed E-state index contributed by atoms with van der Waals surface area (Å²) in [6.45, 7) is 6.26. The molecule has 2 N–H and O–H groups in total. The highest BCUT2D eigenvalue weighted by Gasteiger charge is 2.27. The molecule has 0 radical (unpaired) electrons. The van der Waals surface area contributed by atoms with E-state index >= 15 is 0 Å². The van der Waals surface area contributed by atoms with Crippen LogP contribution < -0.4 is 10.9 Å². The zero-order valence-corrected chi connectivity index (χ0v) is 17.4. The van der Waals surface area contributed by atoms with Crippen molar-refractivity contribution in [1.29, 1.82) is 0 Å². The molecule has 27 heavy (non-hydrogen) atoms. The van der Waals surface area contributed by atoms with Crippen molar-refractivity contribution in [3.05, 3.63) is 35.1 Å². The van der Waals surface area contributed by atoms with Crippen molar-refractivity contribution >= 4 is 11.6 Å². The Balaban J connectivity index is 1.84. The first-order valence-corrected chi connectivity index (χ1v) is 10.5. The number of nitrogens with one attached hydrogen (secondary N) is 2. The maximum Gasteiger partial charge on any atom is 0.158 e. The number of hydrogen-bond acceptors (Lipinski definition) is 4. The molecule has 0 aliphatic heterocycles. The van der Waals surface area contributed by atoms with Crippen molar-refractivity contribution in [2.45, 2.75) is 72.1 Å². The molecule has 0 spiro atoms. The molecule has 0 heterocycles. The molecule has 0 aromatic carbocycles. The van der Waals surface area contributed by atoms with E-state index < -0.39 is 0 Å². The summed E-state index contributed by atoms with van der Waals surface area (Å²) in [5.41, 5.74) is 9.51. The third kappa shape index (κ3) is 6.17. The van der Waals surface area contributed by atoms with Gasteiger partial charge in [-0.1, -0.05) is 26.0 Å². The summed E-state index contributed by atoms with van der Waals surface area (Å²) in [4.78, 5) is 24.7. The lowest BCUT2D eigenvalue weighted by molar-refractivity contribution is -0.123. The van der Waals surface area contributed by atoms with Gasteiger partial charge in [0.1, 0.15) is 5.78 Å². The van der Waals surface area contributed by atoms with Gasteiger partial charge in [0, 0.05) is 32.0 Å². The quantitative estimate of drug-likeness (QED) is 0.579. The predicted molar refractivity (Wildman–Crippen MR) is 111 cm³/mol. The minimum atomic E-state index is 0.157. The van der Waals surface area contributed by atoms with Crippen LogP contribution in [0, 0.1) is 17.8 Å². The van der Waals surface area contributed by atoms with Gasteiger partial charge >= 0.3 is 0 Å². The average molecular weight is 373 g/mol. The fraction of sp³-hybridized carbons (Fsp3) is 0.652. The zero-order chi connectivity index (χ0) is 19.8. The molecule has 0 fully saturated rings. The molecule has 4 nitrogen and oxygen atoms in total. The van der Waals surface area contributed by atoms with Gasteiger partial charge in [-0.2, -0.15) is 0 Å². The molecule has 2 rings (SSSR count). The van der Waals surface area contributed by atoms with Crippen LogP contribution >= 0.6 is 0 Å². The number of rotatable bonds is 9. The van der Waals surface area contributed by atoms with Crippen LogP contribution in [0.15, 0.2) is 35.1 Å². The van der Waals surface area contributed by atoms with Gasteiger partial charge in [0.05, 0.1) is 0 Å². The minimum absolute atomic E-state index is 0.157. The van der Waals surface area contributed by atoms with Gasteiger partial charge in [-0.05, 0) is 74.0 Å². The first kappa shape index (κ1) is 21.6. The molecule has 2 aliphatic carbocycles. The van der Waals surface area contributed by atoms with Crippen LogP contribution in [0.2, 0.25) is 0 Å². The topological polar surface area (TPSA) is 58.2 Å². The fourth-order valence-electron chi connectivity index (χ4n) is 4.44. The largest absolute Gasteiger partial charge is 0.329 e. The van der Waals surface area contributed by atoms with Crippen LogP contribution in [0.25, 0.3) is 0 Å². The molecule has 4 heteroatoms. The Labute approximate surface area is 164 Å². The Morgan fingerprint density at radius 1 is 1.30 bits per heavy atom. The maximum atomic E-state index is 12.8. The second-order valence-electron chi connectivity index (χ2n) is 8.11. The standard InChI is InChI=1S/C23H36N2O2/c1-5-22(26)19-8-6-7-18(14-19)9-12-23(27)20-10-11-21(16(2)13-20)17(3)15-25-24-4/h8,11,15-16,18,20,24-25H,5-7,9-10,12-14H2,1-4H3/b17-15+/t16-,18+,20-/m0/s1. The Kier molecular flexibility index (Phi) is 8.49. The molecular weight excluding hydrogens is 336 g/mol. The number of hydrogen-bond donors (Lipinski definition) is 2. The van der Waals surface area contributed by atoms with E-state index in [1.165, 1.54) is 11.1 Å². The zero-order valence-electron chi connectivity index (χ0n) is 17.4. The van der Waals surface area contributed by atoms with Gasteiger partial charge in [0.2, 0.25) is 0 Å². The van der Waals surface area contributed by atoms with Crippen LogP contribution in [-0.2, 0) is 9.59 Å². The van der Waals surface area contributed by atoms with E-state index in [-0.39, 0.29) is 11.7 Å². The maximum absolute atomic E-state index is 12.8. The Morgan fingerprint density at radius 2 is 2.07 bits per heavy atom.